The van der Waals surface area contributed by atoms with Crippen molar-refractivity contribution in [3.05, 3.63) is 156 Å². The molecule has 7 rings (SSSR count). The van der Waals surface area contributed by atoms with E-state index in [-0.39, 0.29) is 25.7 Å². The minimum Gasteiger partial charge on any atom is -0.497 e. The highest BCUT2D eigenvalue weighted by Gasteiger charge is 2.32. The van der Waals surface area contributed by atoms with Crippen LogP contribution in [0.3, 0.4) is 0 Å². The van der Waals surface area contributed by atoms with Crippen LogP contribution in [0.5, 0.6) is 11.5 Å². The zero-order valence-corrected chi connectivity index (χ0v) is 32.1. The summed E-state index contributed by atoms with van der Waals surface area (Å²) in [6, 6.07) is 35.5. The Hall–Kier alpha value is -6.95. The van der Waals surface area contributed by atoms with Gasteiger partial charge in [0.25, 0.3) is 5.91 Å². The second-order valence-corrected chi connectivity index (χ2v) is 14.1. The molecule has 4 amide bonds. The Labute approximate surface area is 337 Å². The average molecular weight is 783 g/mol. The van der Waals surface area contributed by atoms with Crippen molar-refractivity contribution in [2.24, 2.45) is 0 Å². The molecule has 2 heterocycles. The molecule has 298 valence electrons. The first-order valence-corrected chi connectivity index (χ1v) is 19.1. The topological polar surface area (TPSA) is 172 Å². The SMILES string of the molecule is COc1ccc(C[C@H]2NC(=O)COc3ccc(cc3)C[C@@H](C(=O)O)NC(=O)[C@@H](CCc3ccccc3)NC(=O)[C@H](Cc3ccc(-c4ccccc4)cc3)NC2=O)cc1. The monoisotopic (exact) mass is 782 g/mol. The number of benzene rings is 5. The Morgan fingerprint density at radius 1 is 0.621 bits per heavy atom. The van der Waals surface area contributed by atoms with Gasteiger partial charge < -0.3 is 35.8 Å². The molecule has 5 N–H and O–H groups in total. The molecular weight excluding hydrogens is 737 g/mol. The van der Waals surface area contributed by atoms with Gasteiger partial charge in [-0.3, -0.25) is 19.2 Å². The number of rotatable bonds is 10. The van der Waals surface area contributed by atoms with Crippen molar-refractivity contribution in [2.45, 2.75) is 56.3 Å². The quantitative estimate of drug-likeness (QED) is 0.130. The van der Waals surface area contributed by atoms with Crippen LogP contribution in [-0.2, 0) is 49.7 Å². The summed E-state index contributed by atoms with van der Waals surface area (Å²) in [5.74, 6) is -2.84. The van der Waals surface area contributed by atoms with Crippen molar-refractivity contribution in [3.8, 4) is 22.6 Å². The van der Waals surface area contributed by atoms with Crippen LogP contribution >= 0.6 is 0 Å². The first-order chi connectivity index (χ1) is 28.1. The number of amides is 4. The fourth-order valence-electron chi connectivity index (χ4n) is 6.70. The van der Waals surface area contributed by atoms with Gasteiger partial charge in [-0.25, -0.2) is 4.79 Å². The van der Waals surface area contributed by atoms with E-state index in [1.807, 2.05) is 84.9 Å². The Morgan fingerprint density at radius 2 is 1.16 bits per heavy atom. The van der Waals surface area contributed by atoms with Crippen LogP contribution in [0.25, 0.3) is 11.1 Å². The van der Waals surface area contributed by atoms with Gasteiger partial charge in [-0.15, -0.1) is 0 Å². The summed E-state index contributed by atoms with van der Waals surface area (Å²) >= 11 is 0. The van der Waals surface area contributed by atoms with Crippen LogP contribution in [0.1, 0.15) is 28.7 Å². The molecule has 0 radical (unpaired) electrons. The first kappa shape index (κ1) is 40.7. The number of aliphatic carboxylic acids is 1. The molecular formula is C46H46N4O8. The van der Waals surface area contributed by atoms with E-state index in [0.29, 0.717) is 23.5 Å². The lowest BCUT2D eigenvalue weighted by Gasteiger charge is -2.26. The smallest absolute Gasteiger partial charge is 0.326 e. The Morgan fingerprint density at radius 3 is 1.76 bits per heavy atom. The van der Waals surface area contributed by atoms with Gasteiger partial charge in [0, 0.05) is 19.3 Å². The van der Waals surface area contributed by atoms with E-state index < -0.39 is 60.4 Å². The Kier molecular flexibility index (Phi) is 13.9. The van der Waals surface area contributed by atoms with Gasteiger partial charge in [-0.1, -0.05) is 109 Å². The fraction of sp³-hybridized carbons (Fsp3) is 0.239. The molecule has 0 fully saturated rings. The maximum Gasteiger partial charge on any atom is 0.326 e. The van der Waals surface area contributed by atoms with Crippen molar-refractivity contribution in [1.29, 1.82) is 0 Å². The number of aryl methyl sites for hydroxylation is 1. The number of nitrogens with one attached hydrogen (secondary N) is 4. The van der Waals surface area contributed by atoms with Crippen LogP contribution in [0.2, 0.25) is 0 Å². The minimum absolute atomic E-state index is 0.0394. The molecule has 0 aliphatic carbocycles. The highest BCUT2D eigenvalue weighted by Crippen LogP contribution is 2.21. The van der Waals surface area contributed by atoms with E-state index in [9.17, 15) is 29.1 Å². The number of carboxylic acids is 1. The maximum absolute atomic E-state index is 14.4. The number of ether oxygens (including phenoxy) is 2. The summed E-state index contributed by atoms with van der Waals surface area (Å²) in [5, 5.41) is 21.3. The van der Waals surface area contributed by atoms with Crippen molar-refractivity contribution in [3.63, 3.8) is 0 Å². The molecule has 2 bridgehead atoms. The molecule has 2 aliphatic rings. The number of hydrogen-bond donors (Lipinski definition) is 5. The molecule has 0 spiro atoms. The van der Waals surface area contributed by atoms with Crippen molar-refractivity contribution < 1.29 is 38.6 Å². The van der Waals surface area contributed by atoms with Gasteiger partial charge in [0.05, 0.1) is 7.11 Å². The Bertz CT molecular complexity index is 2160. The molecule has 5 aromatic carbocycles. The third-order valence-corrected chi connectivity index (χ3v) is 9.93. The van der Waals surface area contributed by atoms with E-state index >= 15 is 0 Å². The van der Waals surface area contributed by atoms with Gasteiger partial charge in [-0.2, -0.15) is 0 Å². The molecule has 5 aromatic rings. The number of carboxylic acid groups (broad SMARTS) is 1. The van der Waals surface area contributed by atoms with Crippen LogP contribution in [0.4, 0.5) is 0 Å². The van der Waals surface area contributed by atoms with E-state index in [1.54, 1.807) is 55.6 Å². The van der Waals surface area contributed by atoms with Gasteiger partial charge >= 0.3 is 5.97 Å². The van der Waals surface area contributed by atoms with Crippen LogP contribution < -0.4 is 30.7 Å². The molecule has 0 saturated heterocycles. The summed E-state index contributed by atoms with van der Waals surface area (Å²) in [6.07, 6.45) is 0.605. The lowest BCUT2D eigenvalue weighted by molar-refractivity contribution is -0.142. The van der Waals surface area contributed by atoms with Crippen LogP contribution in [0.15, 0.2) is 133 Å². The van der Waals surface area contributed by atoms with Crippen molar-refractivity contribution >= 4 is 29.6 Å². The predicted octanol–water partition coefficient (Wildman–Crippen LogP) is 4.44. The van der Waals surface area contributed by atoms with Gasteiger partial charge in [-0.05, 0) is 70.5 Å². The molecule has 0 saturated carbocycles. The highest BCUT2D eigenvalue weighted by molar-refractivity contribution is 5.95. The zero-order valence-electron chi connectivity index (χ0n) is 32.1. The first-order valence-electron chi connectivity index (χ1n) is 19.1. The van der Waals surface area contributed by atoms with E-state index in [0.717, 1.165) is 27.8 Å². The lowest BCUT2D eigenvalue weighted by Crippen LogP contribution is -2.59. The summed E-state index contributed by atoms with van der Waals surface area (Å²) < 4.78 is 11.0. The molecule has 12 nitrogen and oxygen atoms in total. The summed E-state index contributed by atoms with van der Waals surface area (Å²) in [6.45, 7) is -0.416. The second-order valence-electron chi connectivity index (χ2n) is 14.1. The van der Waals surface area contributed by atoms with E-state index in [1.165, 1.54) is 0 Å². The molecule has 58 heavy (non-hydrogen) atoms. The molecule has 0 aromatic heterocycles. The normalized spacial score (nSPS) is 19.2. The lowest BCUT2D eigenvalue weighted by atomic mass is 9.98. The summed E-state index contributed by atoms with van der Waals surface area (Å²) in [4.78, 5) is 68.4. The summed E-state index contributed by atoms with van der Waals surface area (Å²) in [5.41, 5.74) is 4.93. The largest absolute Gasteiger partial charge is 0.497 e. The number of carbonyl (C=O) groups is 5. The van der Waals surface area contributed by atoms with E-state index in [4.69, 9.17) is 9.47 Å². The number of fused-ring (bicyclic) bond motifs is 16. The number of hydrogen-bond acceptors (Lipinski definition) is 7. The van der Waals surface area contributed by atoms with Gasteiger partial charge in [0.1, 0.15) is 35.7 Å². The standard InChI is InChI=1S/C46H46N4O8/c1-57-36-21-14-32(15-22-36)26-39-44(53)49-40(27-31-12-19-35(20-13-31)34-10-6-3-7-11-34)45(54)48-38(25-18-30-8-4-2-5-9-30)43(52)50-41(46(55)56)28-33-16-23-37(24-17-33)58-29-42(51)47-39/h2-17,19-24,38-41H,18,25-29H2,1H3,(H,47,51)(H,48,54)(H,49,53)(H,50,52)(H,55,56)/t38-,39-,40+,41+/m1/s1. The van der Waals surface area contributed by atoms with Gasteiger partial charge in [0.15, 0.2) is 6.61 Å². The average Bonchev–Trinajstić information content (AvgIpc) is 3.24. The van der Waals surface area contributed by atoms with Crippen LogP contribution in [-0.4, -0.2) is 72.6 Å². The van der Waals surface area contributed by atoms with Crippen molar-refractivity contribution in [1.82, 2.24) is 21.3 Å². The summed E-state index contributed by atoms with van der Waals surface area (Å²) in [7, 11) is 1.55. The van der Waals surface area contributed by atoms with E-state index in [2.05, 4.69) is 21.3 Å². The van der Waals surface area contributed by atoms with Crippen molar-refractivity contribution in [2.75, 3.05) is 13.7 Å². The Balaban J connectivity index is 1.34. The number of methoxy groups -OCH3 is 1. The molecule has 0 unspecified atom stereocenters. The molecule has 2 aliphatic heterocycles. The minimum atomic E-state index is -1.32. The third kappa shape index (κ3) is 11.5. The zero-order chi connectivity index (χ0) is 40.9. The molecule has 12 heteroatoms. The highest BCUT2D eigenvalue weighted by atomic mass is 16.5. The van der Waals surface area contributed by atoms with Gasteiger partial charge in [0.2, 0.25) is 17.7 Å². The third-order valence-electron chi connectivity index (χ3n) is 9.93. The predicted molar refractivity (Wildman–Crippen MR) is 218 cm³/mol. The fourth-order valence-corrected chi connectivity index (χ4v) is 6.70. The second kappa shape index (κ2) is 19.8. The maximum atomic E-state index is 14.4. The number of carbonyl (C=O) groups excluding carboxylic acids is 4. The molecule has 4 atom stereocenters. The van der Waals surface area contributed by atoms with Crippen LogP contribution in [0, 0.1) is 0 Å².